The standard InChI is InChI=1S/C18H23Cl2N5O/c19-15-3-2-14(12-16(15)20)26-13-5-10-25(11-6-13)9-1-7-22-18-23-8-4-17(21)24-18/h2-4,8,12-13H,1,5-7,9-11H2,(H3,21,22,23,24). The van der Waals surface area contributed by atoms with E-state index in [1.165, 1.54) is 0 Å². The monoisotopic (exact) mass is 395 g/mol. The summed E-state index contributed by atoms with van der Waals surface area (Å²) >= 11 is 12.0. The number of hydrogen-bond acceptors (Lipinski definition) is 6. The molecule has 0 atom stereocenters. The van der Waals surface area contributed by atoms with Crippen molar-refractivity contribution in [1.29, 1.82) is 0 Å². The molecule has 3 rings (SSSR count). The number of piperidine rings is 1. The number of anilines is 2. The van der Waals surface area contributed by atoms with Crippen molar-refractivity contribution >= 4 is 35.0 Å². The zero-order chi connectivity index (χ0) is 18.4. The second-order valence-corrected chi connectivity index (χ2v) is 7.13. The summed E-state index contributed by atoms with van der Waals surface area (Å²) in [5.74, 6) is 1.84. The maximum Gasteiger partial charge on any atom is 0.224 e. The first-order valence-corrected chi connectivity index (χ1v) is 9.52. The molecule has 0 aliphatic carbocycles. The van der Waals surface area contributed by atoms with Gasteiger partial charge < -0.3 is 20.7 Å². The first-order valence-electron chi connectivity index (χ1n) is 8.76. The fraction of sp³-hybridized carbons (Fsp3) is 0.444. The number of hydrogen-bond donors (Lipinski definition) is 2. The molecule has 0 radical (unpaired) electrons. The van der Waals surface area contributed by atoms with Gasteiger partial charge in [-0.05, 0) is 44.0 Å². The number of benzene rings is 1. The van der Waals surface area contributed by atoms with Gasteiger partial charge in [-0.15, -0.1) is 0 Å². The van der Waals surface area contributed by atoms with Crippen LogP contribution in [0.4, 0.5) is 11.8 Å². The number of nitrogens with one attached hydrogen (secondary N) is 1. The molecule has 0 saturated carbocycles. The van der Waals surface area contributed by atoms with E-state index in [1.54, 1.807) is 24.4 Å². The van der Waals surface area contributed by atoms with Crippen molar-refractivity contribution in [2.24, 2.45) is 0 Å². The van der Waals surface area contributed by atoms with Crippen molar-refractivity contribution in [3.05, 3.63) is 40.5 Å². The second kappa shape index (κ2) is 9.26. The van der Waals surface area contributed by atoms with Gasteiger partial charge in [-0.2, -0.15) is 4.98 Å². The van der Waals surface area contributed by atoms with Crippen molar-refractivity contribution in [1.82, 2.24) is 14.9 Å². The molecule has 0 amide bonds. The van der Waals surface area contributed by atoms with Crippen molar-refractivity contribution in [3.8, 4) is 5.75 Å². The number of ether oxygens (including phenoxy) is 1. The molecule has 2 aromatic rings. The molecule has 0 spiro atoms. The summed E-state index contributed by atoms with van der Waals surface area (Å²) in [5.41, 5.74) is 5.64. The molecule has 1 aromatic carbocycles. The molecule has 1 aliphatic heterocycles. The molecular formula is C18H23Cl2N5O. The lowest BCUT2D eigenvalue weighted by Gasteiger charge is -2.32. The normalized spacial score (nSPS) is 15.8. The van der Waals surface area contributed by atoms with Crippen LogP contribution in [0.5, 0.6) is 5.75 Å². The van der Waals surface area contributed by atoms with Crippen LogP contribution in [-0.4, -0.2) is 47.2 Å². The Labute approximate surface area is 163 Å². The summed E-state index contributed by atoms with van der Waals surface area (Å²) in [4.78, 5) is 10.7. The van der Waals surface area contributed by atoms with Crippen LogP contribution in [0.3, 0.4) is 0 Å². The van der Waals surface area contributed by atoms with E-state index in [2.05, 4.69) is 20.2 Å². The number of nitrogen functional groups attached to an aromatic ring is 1. The van der Waals surface area contributed by atoms with E-state index in [1.807, 2.05) is 6.07 Å². The van der Waals surface area contributed by atoms with E-state index in [0.29, 0.717) is 21.8 Å². The maximum absolute atomic E-state index is 6.04. The molecule has 26 heavy (non-hydrogen) atoms. The van der Waals surface area contributed by atoms with Crippen molar-refractivity contribution < 1.29 is 4.74 Å². The largest absolute Gasteiger partial charge is 0.490 e. The highest BCUT2D eigenvalue weighted by atomic mass is 35.5. The smallest absolute Gasteiger partial charge is 0.224 e. The molecule has 0 bridgehead atoms. The Balaban J connectivity index is 1.34. The van der Waals surface area contributed by atoms with Crippen LogP contribution in [0.2, 0.25) is 10.0 Å². The highest BCUT2D eigenvalue weighted by Crippen LogP contribution is 2.28. The minimum atomic E-state index is 0.224. The third-order valence-electron chi connectivity index (χ3n) is 4.34. The summed E-state index contributed by atoms with van der Waals surface area (Å²) < 4.78 is 6.02. The molecule has 1 aromatic heterocycles. The zero-order valence-corrected chi connectivity index (χ0v) is 16.0. The SMILES string of the molecule is Nc1ccnc(NCCCN2CCC(Oc3ccc(Cl)c(Cl)c3)CC2)n1. The molecule has 1 saturated heterocycles. The van der Waals surface area contributed by atoms with Crippen molar-refractivity contribution in [2.45, 2.75) is 25.4 Å². The van der Waals surface area contributed by atoms with Gasteiger partial charge in [-0.1, -0.05) is 23.2 Å². The first kappa shape index (κ1) is 19.0. The summed E-state index contributed by atoms with van der Waals surface area (Å²) in [5, 5.41) is 4.27. The minimum absolute atomic E-state index is 0.224. The molecular weight excluding hydrogens is 373 g/mol. The predicted octanol–water partition coefficient (Wildman–Crippen LogP) is 3.71. The molecule has 1 fully saturated rings. The lowest BCUT2D eigenvalue weighted by molar-refractivity contribution is 0.100. The van der Waals surface area contributed by atoms with Gasteiger partial charge in [0, 0.05) is 31.9 Å². The fourth-order valence-electron chi connectivity index (χ4n) is 2.95. The maximum atomic E-state index is 6.04. The number of likely N-dealkylation sites (tertiary alicyclic amines) is 1. The third kappa shape index (κ3) is 5.62. The number of rotatable bonds is 7. The summed E-state index contributed by atoms with van der Waals surface area (Å²) in [7, 11) is 0. The Morgan fingerprint density at radius 3 is 2.73 bits per heavy atom. The Morgan fingerprint density at radius 2 is 2.00 bits per heavy atom. The van der Waals surface area contributed by atoms with Gasteiger partial charge in [0.15, 0.2) is 0 Å². The molecule has 1 aliphatic rings. The van der Waals surface area contributed by atoms with Gasteiger partial charge in [-0.25, -0.2) is 4.98 Å². The van der Waals surface area contributed by atoms with Crippen LogP contribution >= 0.6 is 23.2 Å². The molecule has 140 valence electrons. The highest BCUT2D eigenvalue weighted by Gasteiger charge is 2.20. The van der Waals surface area contributed by atoms with Crippen molar-refractivity contribution in [3.63, 3.8) is 0 Å². The summed E-state index contributed by atoms with van der Waals surface area (Å²) in [6.07, 6.45) is 4.92. The molecule has 0 unspecified atom stereocenters. The van der Waals surface area contributed by atoms with Crippen LogP contribution in [-0.2, 0) is 0 Å². The third-order valence-corrected chi connectivity index (χ3v) is 5.08. The zero-order valence-electron chi connectivity index (χ0n) is 14.5. The van der Waals surface area contributed by atoms with Crippen LogP contribution in [0, 0.1) is 0 Å². The Kier molecular flexibility index (Phi) is 6.77. The highest BCUT2D eigenvalue weighted by molar-refractivity contribution is 6.42. The lowest BCUT2D eigenvalue weighted by atomic mass is 10.1. The van der Waals surface area contributed by atoms with Crippen LogP contribution < -0.4 is 15.8 Å². The predicted molar refractivity (Wildman–Crippen MR) is 106 cm³/mol. The van der Waals surface area contributed by atoms with E-state index in [9.17, 15) is 0 Å². The fourth-order valence-corrected chi connectivity index (χ4v) is 3.24. The van der Waals surface area contributed by atoms with E-state index in [-0.39, 0.29) is 6.10 Å². The Morgan fingerprint density at radius 1 is 1.19 bits per heavy atom. The molecule has 3 N–H and O–H groups in total. The molecule has 2 heterocycles. The van der Waals surface area contributed by atoms with E-state index < -0.39 is 0 Å². The van der Waals surface area contributed by atoms with Crippen LogP contribution in [0.15, 0.2) is 30.5 Å². The Hall–Kier alpha value is -1.76. The number of nitrogens with two attached hydrogens (primary N) is 1. The van der Waals surface area contributed by atoms with Gasteiger partial charge >= 0.3 is 0 Å². The van der Waals surface area contributed by atoms with Gasteiger partial charge in [0.2, 0.25) is 5.95 Å². The average molecular weight is 396 g/mol. The first-order chi connectivity index (χ1) is 12.6. The van der Waals surface area contributed by atoms with E-state index in [0.717, 1.165) is 51.2 Å². The van der Waals surface area contributed by atoms with Crippen LogP contribution in [0.1, 0.15) is 19.3 Å². The van der Waals surface area contributed by atoms with E-state index in [4.69, 9.17) is 33.7 Å². The van der Waals surface area contributed by atoms with Crippen LogP contribution in [0.25, 0.3) is 0 Å². The van der Waals surface area contributed by atoms with Gasteiger partial charge in [0.25, 0.3) is 0 Å². The number of aromatic nitrogens is 2. The second-order valence-electron chi connectivity index (χ2n) is 6.32. The van der Waals surface area contributed by atoms with Crippen molar-refractivity contribution in [2.75, 3.05) is 37.2 Å². The van der Waals surface area contributed by atoms with Gasteiger partial charge in [0.05, 0.1) is 10.0 Å². The number of nitrogens with zero attached hydrogens (tertiary/aromatic N) is 3. The van der Waals surface area contributed by atoms with Gasteiger partial charge in [0.1, 0.15) is 17.7 Å². The molecule has 6 nitrogen and oxygen atoms in total. The number of halogens is 2. The topological polar surface area (TPSA) is 76.3 Å². The van der Waals surface area contributed by atoms with E-state index >= 15 is 0 Å². The summed E-state index contributed by atoms with van der Waals surface area (Å²) in [6.45, 7) is 3.92. The minimum Gasteiger partial charge on any atom is -0.490 e. The average Bonchev–Trinajstić information content (AvgIpc) is 2.63. The Bertz CT molecular complexity index is 722. The lowest BCUT2D eigenvalue weighted by Crippen LogP contribution is -2.39. The summed E-state index contributed by atoms with van der Waals surface area (Å²) in [6, 6.07) is 7.09. The quantitative estimate of drug-likeness (QED) is 0.695. The van der Waals surface area contributed by atoms with Gasteiger partial charge in [-0.3, -0.25) is 0 Å². The molecule has 8 heteroatoms.